The van der Waals surface area contributed by atoms with Gasteiger partial charge in [-0.05, 0) is 6.42 Å². The highest BCUT2D eigenvalue weighted by molar-refractivity contribution is 4.91. The van der Waals surface area contributed by atoms with Crippen molar-refractivity contribution in [3.63, 3.8) is 0 Å². The molecule has 0 radical (unpaired) electrons. The fourth-order valence-corrected chi connectivity index (χ4v) is 2.45. The molecule has 114 valence electrons. The number of rotatable bonds is 8. The number of aliphatic hydroxyl groups excluding tert-OH is 3. The molecule has 0 aliphatic carbocycles. The third kappa shape index (κ3) is 5.00. The molecule has 5 heteroatoms. The molecular formula is C14H28O5. The second-order valence-corrected chi connectivity index (χ2v) is 5.53. The summed E-state index contributed by atoms with van der Waals surface area (Å²) in [5.74, 6) is -1.72. The third-order valence-electron chi connectivity index (χ3n) is 3.82. The van der Waals surface area contributed by atoms with E-state index in [1.165, 1.54) is 25.7 Å². The van der Waals surface area contributed by atoms with Crippen molar-refractivity contribution in [1.82, 2.24) is 0 Å². The molecule has 4 N–H and O–H groups in total. The maximum Gasteiger partial charge on any atom is 0.194 e. The maximum absolute atomic E-state index is 10.1. The quantitative estimate of drug-likeness (QED) is 0.495. The number of aliphatic hydroxyl groups is 4. The Labute approximate surface area is 115 Å². The zero-order valence-electron chi connectivity index (χ0n) is 11.8. The fraction of sp³-hybridized carbons (Fsp3) is 1.00. The van der Waals surface area contributed by atoms with E-state index in [1.807, 2.05) is 0 Å². The standard InChI is InChI=1S/C14H28O5/c1-2-3-4-5-6-7-8-9-14(18)13(17)12(16)11(15)10-19-14/h11-13,15-18H,2-10H2,1H3/t11-,12+,13-,14-/m1/s1. The lowest BCUT2D eigenvalue weighted by Gasteiger charge is -2.41. The number of hydrogen-bond acceptors (Lipinski definition) is 5. The van der Waals surface area contributed by atoms with Crippen molar-refractivity contribution in [3.05, 3.63) is 0 Å². The fourth-order valence-electron chi connectivity index (χ4n) is 2.45. The normalized spacial score (nSPS) is 35.5. The predicted molar refractivity (Wildman–Crippen MR) is 71.5 cm³/mol. The van der Waals surface area contributed by atoms with E-state index in [4.69, 9.17) is 4.74 Å². The Morgan fingerprint density at radius 3 is 2.21 bits per heavy atom. The molecule has 0 unspecified atom stereocenters. The second-order valence-electron chi connectivity index (χ2n) is 5.53. The van der Waals surface area contributed by atoms with Gasteiger partial charge in [-0.25, -0.2) is 0 Å². The van der Waals surface area contributed by atoms with Gasteiger partial charge in [-0.3, -0.25) is 0 Å². The Kier molecular flexibility index (Phi) is 7.25. The van der Waals surface area contributed by atoms with E-state index in [0.717, 1.165) is 19.3 Å². The number of unbranched alkanes of at least 4 members (excludes halogenated alkanes) is 6. The summed E-state index contributed by atoms with van der Waals surface area (Å²) in [6.07, 6.45) is 4.09. The molecule has 1 heterocycles. The molecule has 4 atom stereocenters. The molecule has 0 spiro atoms. The van der Waals surface area contributed by atoms with Crippen molar-refractivity contribution in [2.24, 2.45) is 0 Å². The van der Waals surface area contributed by atoms with E-state index in [9.17, 15) is 20.4 Å². The summed E-state index contributed by atoms with van der Waals surface area (Å²) >= 11 is 0. The first-order valence-corrected chi connectivity index (χ1v) is 7.42. The summed E-state index contributed by atoms with van der Waals surface area (Å²) in [5, 5.41) is 38.7. The topological polar surface area (TPSA) is 90.2 Å². The van der Waals surface area contributed by atoms with E-state index < -0.39 is 24.1 Å². The van der Waals surface area contributed by atoms with Crippen LogP contribution in [0.25, 0.3) is 0 Å². The Hall–Kier alpha value is -0.200. The van der Waals surface area contributed by atoms with Gasteiger partial charge in [-0.15, -0.1) is 0 Å². The number of hydrogen-bond donors (Lipinski definition) is 4. The highest BCUT2D eigenvalue weighted by Crippen LogP contribution is 2.29. The number of ether oxygens (including phenoxy) is 1. The maximum atomic E-state index is 10.1. The van der Waals surface area contributed by atoms with Crippen molar-refractivity contribution < 1.29 is 25.2 Å². The lowest BCUT2D eigenvalue weighted by molar-refractivity contribution is -0.323. The van der Waals surface area contributed by atoms with Gasteiger partial charge in [0.05, 0.1) is 6.61 Å². The van der Waals surface area contributed by atoms with E-state index in [-0.39, 0.29) is 13.0 Å². The molecule has 0 aromatic carbocycles. The molecule has 5 nitrogen and oxygen atoms in total. The van der Waals surface area contributed by atoms with Crippen LogP contribution in [0.4, 0.5) is 0 Å². The van der Waals surface area contributed by atoms with Crippen LogP contribution in [-0.2, 0) is 4.74 Å². The Bertz CT molecular complexity index is 248. The molecule has 1 saturated heterocycles. The van der Waals surface area contributed by atoms with E-state index in [0.29, 0.717) is 0 Å². The van der Waals surface area contributed by atoms with Crippen LogP contribution in [0.1, 0.15) is 58.3 Å². The smallest absolute Gasteiger partial charge is 0.194 e. The molecule has 19 heavy (non-hydrogen) atoms. The first-order valence-electron chi connectivity index (χ1n) is 7.42. The molecule has 0 aromatic heterocycles. The van der Waals surface area contributed by atoms with Crippen LogP contribution >= 0.6 is 0 Å². The highest BCUT2D eigenvalue weighted by atomic mass is 16.6. The van der Waals surface area contributed by atoms with Gasteiger partial charge in [0, 0.05) is 6.42 Å². The summed E-state index contributed by atoms with van der Waals surface area (Å²) in [5.41, 5.74) is 0. The van der Waals surface area contributed by atoms with Crippen LogP contribution in [0.5, 0.6) is 0 Å². The average molecular weight is 276 g/mol. The summed E-state index contributed by atoms with van der Waals surface area (Å²) in [7, 11) is 0. The first kappa shape index (κ1) is 16.9. The molecule has 1 rings (SSSR count). The lowest BCUT2D eigenvalue weighted by atomic mass is 9.92. The van der Waals surface area contributed by atoms with Gasteiger partial charge in [0.1, 0.15) is 18.3 Å². The zero-order chi connectivity index (χ0) is 14.3. The summed E-state index contributed by atoms with van der Waals surface area (Å²) < 4.78 is 5.10. The average Bonchev–Trinajstić information content (AvgIpc) is 2.40. The lowest BCUT2D eigenvalue weighted by Crippen LogP contribution is -2.60. The predicted octanol–water partition coefficient (Wildman–Crippen LogP) is 0.929. The summed E-state index contributed by atoms with van der Waals surface area (Å²) in [6.45, 7) is 2.03. The van der Waals surface area contributed by atoms with Crippen LogP contribution in [-0.4, -0.2) is 51.1 Å². The van der Waals surface area contributed by atoms with Crippen LogP contribution in [0.3, 0.4) is 0 Å². The summed E-state index contributed by atoms with van der Waals surface area (Å²) in [4.78, 5) is 0. The molecule has 1 aliphatic rings. The largest absolute Gasteiger partial charge is 0.388 e. The molecule has 1 aliphatic heterocycles. The molecule has 0 amide bonds. The van der Waals surface area contributed by atoms with Crippen molar-refractivity contribution in [1.29, 1.82) is 0 Å². The van der Waals surface area contributed by atoms with Crippen LogP contribution in [0, 0.1) is 0 Å². The third-order valence-corrected chi connectivity index (χ3v) is 3.82. The molecule has 1 fully saturated rings. The van der Waals surface area contributed by atoms with Crippen LogP contribution < -0.4 is 0 Å². The van der Waals surface area contributed by atoms with Gasteiger partial charge in [0.2, 0.25) is 0 Å². The first-order chi connectivity index (χ1) is 9.01. The van der Waals surface area contributed by atoms with Crippen molar-refractivity contribution in [2.75, 3.05) is 6.61 Å². The van der Waals surface area contributed by atoms with Crippen molar-refractivity contribution in [2.45, 2.75) is 82.4 Å². The minimum absolute atomic E-state index is 0.148. The van der Waals surface area contributed by atoms with E-state index in [1.54, 1.807) is 0 Å². The van der Waals surface area contributed by atoms with Crippen LogP contribution in [0.15, 0.2) is 0 Å². The van der Waals surface area contributed by atoms with Gasteiger partial charge < -0.3 is 25.2 Å². The Morgan fingerprint density at radius 1 is 1.00 bits per heavy atom. The van der Waals surface area contributed by atoms with Crippen molar-refractivity contribution in [3.8, 4) is 0 Å². The van der Waals surface area contributed by atoms with Gasteiger partial charge >= 0.3 is 0 Å². The molecular weight excluding hydrogens is 248 g/mol. The second kappa shape index (κ2) is 8.17. The Morgan fingerprint density at radius 2 is 1.58 bits per heavy atom. The van der Waals surface area contributed by atoms with E-state index in [2.05, 4.69) is 6.92 Å². The van der Waals surface area contributed by atoms with Gasteiger partial charge in [-0.2, -0.15) is 0 Å². The highest BCUT2D eigenvalue weighted by Gasteiger charge is 2.47. The zero-order valence-corrected chi connectivity index (χ0v) is 11.8. The Balaban J connectivity index is 2.20. The minimum Gasteiger partial charge on any atom is -0.388 e. The van der Waals surface area contributed by atoms with Gasteiger partial charge in [0.25, 0.3) is 0 Å². The van der Waals surface area contributed by atoms with Crippen LogP contribution in [0.2, 0.25) is 0 Å². The summed E-state index contributed by atoms with van der Waals surface area (Å²) in [6, 6.07) is 0. The van der Waals surface area contributed by atoms with Crippen molar-refractivity contribution >= 4 is 0 Å². The van der Waals surface area contributed by atoms with E-state index >= 15 is 0 Å². The molecule has 0 bridgehead atoms. The van der Waals surface area contributed by atoms with Gasteiger partial charge in [-0.1, -0.05) is 45.4 Å². The minimum atomic E-state index is -1.72. The monoisotopic (exact) mass is 276 g/mol. The molecule has 0 saturated carbocycles. The van der Waals surface area contributed by atoms with Gasteiger partial charge in [0.15, 0.2) is 5.79 Å². The SMILES string of the molecule is CCCCCCCCC[C@@]1(O)OC[C@@H](O)[C@H](O)[C@H]1O. The molecule has 0 aromatic rings.